The summed E-state index contributed by atoms with van der Waals surface area (Å²) in [5.74, 6) is 0.622. The molecule has 0 fully saturated rings. The molecule has 166 valence electrons. The molecule has 1 unspecified atom stereocenters. The number of benzene rings is 2. The van der Waals surface area contributed by atoms with E-state index in [4.69, 9.17) is 10.1 Å². The standard InChI is InChI=1S/C29H28N4.H2/c1-20-4-3-5-23(9-6-20)19-33-28-16-26(24-14-10-22(17-30)11-15-24)29(32-27(28)18-31-33)25-12-7-21(2)8-13-25;/h4,7-8,10-16,18,23H,3,5-6,9,19H2,1-2H3;1H. The van der Waals surface area contributed by atoms with Crippen molar-refractivity contribution >= 4 is 11.0 Å². The van der Waals surface area contributed by atoms with Gasteiger partial charge in [-0.15, -0.1) is 0 Å². The lowest BCUT2D eigenvalue weighted by molar-refractivity contribution is 0.385. The smallest absolute Gasteiger partial charge is 0.109 e. The molecule has 33 heavy (non-hydrogen) atoms. The maximum absolute atomic E-state index is 9.22. The number of hydrogen-bond donors (Lipinski definition) is 0. The second kappa shape index (κ2) is 9.03. The van der Waals surface area contributed by atoms with Crippen molar-refractivity contribution in [2.24, 2.45) is 5.92 Å². The third-order valence-electron chi connectivity index (χ3n) is 6.72. The fourth-order valence-electron chi connectivity index (χ4n) is 4.70. The monoisotopic (exact) mass is 434 g/mol. The number of aryl methyl sites for hydroxylation is 1. The molecule has 2 aromatic heterocycles. The lowest BCUT2D eigenvalue weighted by Crippen LogP contribution is -2.11. The Bertz CT molecular complexity index is 1360. The van der Waals surface area contributed by atoms with Crippen LogP contribution in [0.15, 0.2) is 72.4 Å². The van der Waals surface area contributed by atoms with Gasteiger partial charge in [0.25, 0.3) is 0 Å². The average Bonchev–Trinajstić information content (AvgIpc) is 3.11. The third kappa shape index (κ3) is 4.45. The Hall–Kier alpha value is -3.71. The molecular formula is C29H30N4. The van der Waals surface area contributed by atoms with Crippen molar-refractivity contribution in [1.29, 1.82) is 5.26 Å². The van der Waals surface area contributed by atoms with Crippen LogP contribution in [0.3, 0.4) is 0 Å². The van der Waals surface area contributed by atoms with E-state index in [1.54, 1.807) is 0 Å². The highest BCUT2D eigenvalue weighted by atomic mass is 15.3. The van der Waals surface area contributed by atoms with E-state index in [1.807, 2.05) is 30.5 Å². The maximum Gasteiger partial charge on any atom is 0.109 e. The Morgan fingerprint density at radius 1 is 1.03 bits per heavy atom. The number of hydrogen-bond acceptors (Lipinski definition) is 3. The van der Waals surface area contributed by atoms with Crippen LogP contribution in [0.5, 0.6) is 0 Å². The van der Waals surface area contributed by atoms with Gasteiger partial charge >= 0.3 is 0 Å². The molecule has 0 radical (unpaired) electrons. The van der Waals surface area contributed by atoms with Crippen molar-refractivity contribution in [3.05, 3.63) is 83.6 Å². The molecule has 0 spiro atoms. The summed E-state index contributed by atoms with van der Waals surface area (Å²) in [6.07, 6.45) is 9.03. The van der Waals surface area contributed by atoms with Crippen LogP contribution in [0.4, 0.5) is 0 Å². The predicted molar refractivity (Wildman–Crippen MR) is 136 cm³/mol. The molecule has 4 nitrogen and oxygen atoms in total. The van der Waals surface area contributed by atoms with Crippen LogP contribution in [-0.2, 0) is 6.54 Å². The molecular weight excluding hydrogens is 404 g/mol. The number of pyridine rings is 1. The van der Waals surface area contributed by atoms with Crippen LogP contribution < -0.4 is 0 Å². The fraction of sp³-hybridized carbons (Fsp3) is 0.276. The summed E-state index contributed by atoms with van der Waals surface area (Å²) >= 11 is 0. The van der Waals surface area contributed by atoms with Crippen molar-refractivity contribution in [2.75, 3.05) is 0 Å². The van der Waals surface area contributed by atoms with Gasteiger partial charge in [0.15, 0.2) is 0 Å². The van der Waals surface area contributed by atoms with Crippen molar-refractivity contribution in [1.82, 2.24) is 14.8 Å². The molecule has 5 rings (SSSR count). The van der Waals surface area contributed by atoms with Gasteiger partial charge in [0, 0.05) is 19.1 Å². The van der Waals surface area contributed by atoms with Crippen LogP contribution in [0.25, 0.3) is 33.4 Å². The first kappa shape index (κ1) is 21.2. The summed E-state index contributed by atoms with van der Waals surface area (Å²) in [4.78, 5) is 5.08. The molecule has 1 aliphatic rings. The minimum absolute atomic E-state index is 0. The molecule has 2 heterocycles. The number of fused-ring (bicyclic) bond motifs is 1. The number of nitriles is 1. The Kier molecular flexibility index (Phi) is 5.79. The molecule has 0 saturated heterocycles. The van der Waals surface area contributed by atoms with E-state index in [1.165, 1.54) is 30.4 Å². The van der Waals surface area contributed by atoms with Crippen molar-refractivity contribution in [3.8, 4) is 28.5 Å². The summed E-state index contributed by atoms with van der Waals surface area (Å²) in [5, 5.41) is 14.0. The molecule has 1 aliphatic carbocycles. The lowest BCUT2D eigenvalue weighted by atomic mass is 9.97. The van der Waals surface area contributed by atoms with Crippen LogP contribution >= 0.6 is 0 Å². The summed E-state index contributed by atoms with van der Waals surface area (Å²) in [6, 6.07) is 20.7. The highest BCUT2D eigenvalue weighted by Gasteiger charge is 2.18. The van der Waals surface area contributed by atoms with E-state index in [9.17, 15) is 5.26 Å². The van der Waals surface area contributed by atoms with Crippen LogP contribution in [-0.4, -0.2) is 14.8 Å². The SMILES string of the molecule is CC1=CCCC(Cn2ncc3nc(-c4ccc(C)cc4)c(-c4ccc(C#N)cc4)cc32)CC1.[HH]. The Morgan fingerprint density at radius 3 is 2.55 bits per heavy atom. The number of allylic oxidation sites excluding steroid dienone is 2. The Labute approximate surface area is 196 Å². The third-order valence-corrected chi connectivity index (χ3v) is 6.72. The van der Waals surface area contributed by atoms with Gasteiger partial charge in [-0.05, 0) is 69.2 Å². The van der Waals surface area contributed by atoms with Gasteiger partial charge in [0.2, 0.25) is 0 Å². The van der Waals surface area contributed by atoms with Crippen LogP contribution in [0.1, 0.15) is 45.2 Å². The molecule has 0 aliphatic heterocycles. The topological polar surface area (TPSA) is 54.5 Å². The zero-order valence-corrected chi connectivity index (χ0v) is 19.3. The minimum Gasteiger partial charge on any atom is -0.263 e. The van der Waals surface area contributed by atoms with E-state index in [0.29, 0.717) is 11.5 Å². The van der Waals surface area contributed by atoms with Gasteiger partial charge in [0.1, 0.15) is 5.52 Å². The number of nitrogens with zero attached hydrogens (tertiary/aromatic N) is 4. The molecule has 4 heteroatoms. The molecule has 0 saturated carbocycles. The van der Waals surface area contributed by atoms with Gasteiger partial charge in [-0.1, -0.05) is 53.6 Å². The molecule has 1 atom stereocenters. The van der Waals surface area contributed by atoms with Gasteiger partial charge in [-0.25, -0.2) is 4.98 Å². The first-order valence-electron chi connectivity index (χ1n) is 11.7. The zero-order valence-electron chi connectivity index (χ0n) is 19.3. The Balaban J connectivity index is 0.00000274. The van der Waals surface area contributed by atoms with E-state index in [-0.39, 0.29) is 1.43 Å². The summed E-state index contributed by atoms with van der Waals surface area (Å²) in [7, 11) is 0. The second-order valence-electron chi connectivity index (χ2n) is 9.20. The van der Waals surface area contributed by atoms with Crippen molar-refractivity contribution < 1.29 is 1.43 Å². The molecule has 4 aromatic rings. The van der Waals surface area contributed by atoms with Gasteiger partial charge in [0.05, 0.1) is 29.0 Å². The first-order valence-corrected chi connectivity index (χ1v) is 11.7. The van der Waals surface area contributed by atoms with E-state index >= 15 is 0 Å². The molecule has 0 bridgehead atoms. The zero-order chi connectivity index (χ0) is 22.8. The summed E-state index contributed by atoms with van der Waals surface area (Å²) in [6.45, 7) is 5.26. The fourth-order valence-corrected chi connectivity index (χ4v) is 4.70. The van der Waals surface area contributed by atoms with Gasteiger partial charge < -0.3 is 0 Å². The maximum atomic E-state index is 9.22. The van der Waals surface area contributed by atoms with Gasteiger partial charge in [-0.2, -0.15) is 10.4 Å². The van der Waals surface area contributed by atoms with E-state index < -0.39 is 0 Å². The van der Waals surface area contributed by atoms with Crippen LogP contribution in [0.2, 0.25) is 0 Å². The second-order valence-corrected chi connectivity index (χ2v) is 9.20. The first-order chi connectivity index (χ1) is 16.1. The predicted octanol–water partition coefficient (Wildman–Crippen LogP) is 7.33. The number of aromatic nitrogens is 3. The number of rotatable bonds is 4. The van der Waals surface area contributed by atoms with Crippen molar-refractivity contribution in [2.45, 2.75) is 46.1 Å². The quantitative estimate of drug-likeness (QED) is 0.316. The largest absolute Gasteiger partial charge is 0.263 e. The molecule has 2 aromatic carbocycles. The van der Waals surface area contributed by atoms with E-state index in [0.717, 1.165) is 46.4 Å². The summed E-state index contributed by atoms with van der Waals surface area (Å²) < 4.78 is 2.14. The molecule has 0 amide bonds. The van der Waals surface area contributed by atoms with Crippen LogP contribution in [0, 0.1) is 24.2 Å². The highest BCUT2D eigenvalue weighted by Crippen LogP contribution is 2.34. The summed E-state index contributed by atoms with van der Waals surface area (Å²) in [5.41, 5.74) is 9.53. The average molecular weight is 435 g/mol. The normalized spacial score (nSPS) is 16.3. The molecule has 0 N–H and O–H groups in total. The van der Waals surface area contributed by atoms with Crippen molar-refractivity contribution in [3.63, 3.8) is 0 Å². The van der Waals surface area contributed by atoms with Gasteiger partial charge in [-0.3, -0.25) is 4.68 Å². The van der Waals surface area contributed by atoms with E-state index in [2.05, 4.69) is 61.0 Å². The lowest BCUT2D eigenvalue weighted by Gasteiger charge is -2.16. The Morgan fingerprint density at radius 2 is 1.79 bits per heavy atom. The highest BCUT2D eigenvalue weighted by molar-refractivity contribution is 5.90. The minimum atomic E-state index is 0.